The molecular formula is C18H21NO3. The van der Waals surface area contributed by atoms with Crippen LogP contribution in [0.4, 0.5) is 0 Å². The standard InChI is InChI=1S/C18H21NO3/c1-3-22-18(21)17-15(12-7-9-13(20)10-8-12)14-6-4-5-11(2)16(14)19-17/h4-6,12,19H,3,7-10H2,1-2H3. The second-order valence-electron chi connectivity index (χ2n) is 5.94. The highest BCUT2D eigenvalue weighted by atomic mass is 16.5. The molecule has 0 radical (unpaired) electrons. The lowest BCUT2D eigenvalue weighted by molar-refractivity contribution is -0.120. The van der Waals surface area contributed by atoms with Crippen LogP contribution in [0.15, 0.2) is 18.2 Å². The molecule has 0 aliphatic heterocycles. The van der Waals surface area contributed by atoms with Gasteiger partial charge in [0.05, 0.1) is 6.61 Å². The Balaban J connectivity index is 2.12. The van der Waals surface area contributed by atoms with Gasteiger partial charge in [0, 0.05) is 23.7 Å². The van der Waals surface area contributed by atoms with Gasteiger partial charge in [-0.05, 0) is 43.7 Å². The molecule has 1 N–H and O–H groups in total. The number of nitrogens with one attached hydrogen (secondary N) is 1. The highest BCUT2D eigenvalue weighted by Gasteiger charge is 2.28. The minimum atomic E-state index is -0.301. The third kappa shape index (κ3) is 2.54. The Kier molecular flexibility index (Phi) is 4.01. The van der Waals surface area contributed by atoms with Crippen molar-refractivity contribution in [3.05, 3.63) is 35.0 Å². The van der Waals surface area contributed by atoms with Gasteiger partial charge < -0.3 is 9.72 Å². The maximum Gasteiger partial charge on any atom is 0.355 e. The van der Waals surface area contributed by atoms with Crippen LogP contribution in [0.25, 0.3) is 10.9 Å². The van der Waals surface area contributed by atoms with Crippen molar-refractivity contribution in [2.75, 3.05) is 6.61 Å². The number of fused-ring (bicyclic) bond motifs is 1. The number of hydrogen-bond donors (Lipinski definition) is 1. The lowest BCUT2D eigenvalue weighted by Crippen LogP contribution is -2.16. The molecule has 0 atom stereocenters. The number of aromatic amines is 1. The molecule has 1 saturated carbocycles. The summed E-state index contributed by atoms with van der Waals surface area (Å²) in [7, 11) is 0. The Morgan fingerprint density at radius 1 is 1.32 bits per heavy atom. The molecule has 4 heteroatoms. The van der Waals surface area contributed by atoms with Crippen molar-refractivity contribution >= 4 is 22.7 Å². The zero-order valence-corrected chi connectivity index (χ0v) is 13.1. The molecule has 1 aromatic carbocycles. The summed E-state index contributed by atoms with van der Waals surface area (Å²) in [5, 5.41) is 1.09. The number of hydrogen-bond acceptors (Lipinski definition) is 3. The first-order valence-electron chi connectivity index (χ1n) is 7.91. The lowest BCUT2D eigenvalue weighted by atomic mass is 9.82. The van der Waals surface area contributed by atoms with Crippen molar-refractivity contribution in [3.63, 3.8) is 0 Å². The van der Waals surface area contributed by atoms with E-state index in [1.165, 1.54) is 0 Å². The number of ketones is 1. The molecular weight excluding hydrogens is 278 g/mol. The van der Waals surface area contributed by atoms with E-state index in [9.17, 15) is 9.59 Å². The molecule has 3 rings (SSSR count). The van der Waals surface area contributed by atoms with Crippen LogP contribution in [0.2, 0.25) is 0 Å². The SMILES string of the molecule is CCOC(=O)c1[nH]c2c(C)cccc2c1C1CCC(=O)CC1. The number of benzene rings is 1. The van der Waals surface area contributed by atoms with E-state index < -0.39 is 0 Å². The van der Waals surface area contributed by atoms with Gasteiger partial charge in [-0.1, -0.05) is 18.2 Å². The van der Waals surface area contributed by atoms with Gasteiger partial charge in [0.25, 0.3) is 0 Å². The number of H-pyrrole nitrogens is 1. The number of aryl methyl sites for hydroxylation is 1. The minimum absolute atomic E-state index is 0.243. The largest absolute Gasteiger partial charge is 0.461 e. The van der Waals surface area contributed by atoms with Gasteiger partial charge in [-0.3, -0.25) is 4.79 Å². The third-order valence-corrected chi connectivity index (χ3v) is 4.51. The van der Waals surface area contributed by atoms with Gasteiger partial charge in [-0.15, -0.1) is 0 Å². The first-order valence-corrected chi connectivity index (χ1v) is 7.91. The molecule has 0 spiro atoms. The number of ether oxygens (including phenoxy) is 1. The van der Waals surface area contributed by atoms with E-state index in [4.69, 9.17) is 4.74 Å². The van der Waals surface area contributed by atoms with E-state index in [2.05, 4.69) is 4.98 Å². The van der Waals surface area contributed by atoms with E-state index >= 15 is 0 Å². The first-order chi connectivity index (χ1) is 10.6. The van der Waals surface area contributed by atoms with Crippen molar-refractivity contribution in [2.45, 2.75) is 45.4 Å². The molecule has 22 heavy (non-hydrogen) atoms. The summed E-state index contributed by atoms with van der Waals surface area (Å²) in [5.74, 6) is 0.266. The van der Waals surface area contributed by atoms with E-state index in [1.54, 1.807) is 0 Å². The number of Topliss-reactive ketones (excluding diaryl/α,β-unsaturated/α-hetero) is 1. The van der Waals surface area contributed by atoms with Crippen LogP contribution in [-0.2, 0) is 9.53 Å². The summed E-state index contributed by atoms with van der Waals surface area (Å²) in [4.78, 5) is 27.1. The van der Waals surface area contributed by atoms with Gasteiger partial charge in [0.1, 0.15) is 11.5 Å². The molecule has 0 unspecified atom stereocenters. The average Bonchev–Trinajstić information content (AvgIpc) is 2.89. The fourth-order valence-electron chi connectivity index (χ4n) is 3.40. The Morgan fingerprint density at radius 3 is 2.73 bits per heavy atom. The van der Waals surface area contributed by atoms with Crippen LogP contribution in [-0.4, -0.2) is 23.3 Å². The lowest BCUT2D eigenvalue weighted by Gasteiger charge is -2.21. The highest BCUT2D eigenvalue weighted by Crippen LogP contribution is 2.38. The van der Waals surface area contributed by atoms with E-state index in [-0.39, 0.29) is 11.9 Å². The predicted molar refractivity (Wildman–Crippen MR) is 85.2 cm³/mol. The number of aromatic nitrogens is 1. The van der Waals surface area contributed by atoms with Crippen molar-refractivity contribution < 1.29 is 14.3 Å². The van der Waals surface area contributed by atoms with Gasteiger partial charge in [-0.25, -0.2) is 4.79 Å². The second kappa shape index (κ2) is 5.95. The molecule has 1 aliphatic carbocycles. The van der Waals surface area contributed by atoms with E-state index in [0.29, 0.717) is 30.9 Å². The molecule has 4 nitrogen and oxygen atoms in total. The van der Waals surface area contributed by atoms with Crippen LogP contribution in [0, 0.1) is 6.92 Å². The van der Waals surface area contributed by atoms with Crippen molar-refractivity contribution in [1.82, 2.24) is 4.98 Å². The van der Waals surface area contributed by atoms with Gasteiger partial charge in [0.2, 0.25) is 0 Å². The second-order valence-corrected chi connectivity index (χ2v) is 5.94. The quantitative estimate of drug-likeness (QED) is 0.875. The first kappa shape index (κ1) is 14.8. The van der Waals surface area contributed by atoms with Gasteiger partial charge in [0.15, 0.2) is 0 Å². The monoisotopic (exact) mass is 299 g/mol. The number of carbonyl (C=O) groups excluding carboxylic acids is 2. The van der Waals surface area contributed by atoms with Crippen LogP contribution >= 0.6 is 0 Å². The summed E-state index contributed by atoms with van der Waals surface area (Å²) in [6, 6.07) is 6.09. The predicted octanol–water partition coefficient (Wildman–Crippen LogP) is 3.88. The van der Waals surface area contributed by atoms with Crippen molar-refractivity contribution in [3.8, 4) is 0 Å². The molecule has 1 aromatic heterocycles. The maximum atomic E-state index is 12.3. The summed E-state index contributed by atoms with van der Waals surface area (Å²) >= 11 is 0. The van der Waals surface area contributed by atoms with Gasteiger partial charge in [-0.2, -0.15) is 0 Å². The average molecular weight is 299 g/mol. The Morgan fingerprint density at radius 2 is 2.05 bits per heavy atom. The van der Waals surface area contributed by atoms with Crippen LogP contribution < -0.4 is 0 Å². The molecule has 1 heterocycles. The van der Waals surface area contributed by atoms with Crippen LogP contribution in [0.3, 0.4) is 0 Å². The number of carbonyl (C=O) groups is 2. The fourth-order valence-corrected chi connectivity index (χ4v) is 3.40. The smallest absolute Gasteiger partial charge is 0.355 e. The minimum Gasteiger partial charge on any atom is -0.461 e. The van der Waals surface area contributed by atoms with Gasteiger partial charge >= 0.3 is 5.97 Å². The Hall–Kier alpha value is -2.10. The summed E-state index contributed by atoms with van der Waals surface area (Å²) in [5.41, 5.74) is 3.70. The molecule has 0 saturated heterocycles. The fraction of sp³-hybridized carbons (Fsp3) is 0.444. The molecule has 1 aliphatic rings. The zero-order valence-electron chi connectivity index (χ0n) is 13.1. The molecule has 0 bridgehead atoms. The summed E-state index contributed by atoms with van der Waals surface area (Å²) in [6.07, 6.45) is 2.83. The Bertz CT molecular complexity index is 719. The van der Waals surface area contributed by atoms with Crippen LogP contribution in [0.1, 0.15) is 60.1 Å². The van der Waals surface area contributed by atoms with Crippen molar-refractivity contribution in [1.29, 1.82) is 0 Å². The zero-order chi connectivity index (χ0) is 15.7. The normalized spacial score (nSPS) is 16.2. The highest BCUT2D eigenvalue weighted by molar-refractivity contribution is 5.99. The summed E-state index contributed by atoms with van der Waals surface area (Å²) in [6.45, 7) is 4.20. The Labute approximate surface area is 129 Å². The summed E-state index contributed by atoms with van der Waals surface area (Å²) < 4.78 is 5.21. The molecule has 2 aromatic rings. The maximum absolute atomic E-state index is 12.3. The van der Waals surface area contributed by atoms with Crippen molar-refractivity contribution in [2.24, 2.45) is 0 Å². The topological polar surface area (TPSA) is 59.2 Å². The van der Waals surface area contributed by atoms with Crippen LogP contribution in [0.5, 0.6) is 0 Å². The third-order valence-electron chi connectivity index (χ3n) is 4.51. The molecule has 116 valence electrons. The molecule has 0 amide bonds. The van der Waals surface area contributed by atoms with E-state index in [0.717, 1.165) is 34.9 Å². The number of esters is 1. The number of para-hydroxylation sites is 1. The number of rotatable bonds is 3. The van der Waals surface area contributed by atoms with E-state index in [1.807, 2.05) is 32.0 Å². The molecule has 1 fully saturated rings.